The molecule has 82 valence electrons. The number of rotatable bonds is 2. The van der Waals surface area contributed by atoms with Crippen LogP contribution in [0.2, 0.25) is 0 Å². The summed E-state index contributed by atoms with van der Waals surface area (Å²) in [6, 6.07) is 3.89. The second kappa shape index (κ2) is 4.28. The van der Waals surface area contributed by atoms with Crippen molar-refractivity contribution in [2.24, 2.45) is 7.05 Å². The van der Waals surface area contributed by atoms with Crippen LogP contribution in [0.15, 0.2) is 21.4 Å². The molecular formula is C10H9N3OS2. The molecule has 2 aromatic heterocycles. The summed E-state index contributed by atoms with van der Waals surface area (Å²) in [6.45, 7) is 1.79. The molecule has 2 heterocycles. The third-order valence-electron chi connectivity index (χ3n) is 2.13. The van der Waals surface area contributed by atoms with Crippen molar-refractivity contribution in [3.05, 3.63) is 21.8 Å². The number of nitriles is 1. The van der Waals surface area contributed by atoms with E-state index in [0.29, 0.717) is 10.5 Å². The summed E-state index contributed by atoms with van der Waals surface area (Å²) in [7, 11) is 1.68. The van der Waals surface area contributed by atoms with Crippen LogP contribution in [0.25, 0.3) is 10.2 Å². The van der Waals surface area contributed by atoms with Gasteiger partial charge in [-0.25, -0.2) is 4.98 Å². The lowest BCUT2D eigenvalue weighted by atomic mass is 10.4. The fourth-order valence-electron chi connectivity index (χ4n) is 1.27. The molecule has 1 unspecified atom stereocenters. The van der Waals surface area contributed by atoms with Crippen molar-refractivity contribution in [3.8, 4) is 6.07 Å². The Kier molecular flexibility index (Phi) is 2.99. The average Bonchev–Trinajstić information content (AvgIpc) is 2.73. The third kappa shape index (κ3) is 1.84. The molecule has 0 aliphatic heterocycles. The van der Waals surface area contributed by atoms with E-state index in [1.807, 2.05) is 5.38 Å². The minimum Gasteiger partial charge on any atom is -0.290 e. The monoisotopic (exact) mass is 251 g/mol. The first-order valence-corrected chi connectivity index (χ1v) is 6.40. The third-order valence-corrected chi connectivity index (χ3v) is 3.97. The number of fused-ring (bicyclic) bond motifs is 1. The molecule has 0 spiro atoms. The first-order chi connectivity index (χ1) is 7.63. The summed E-state index contributed by atoms with van der Waals surface area (Å²) >= 11 is 2.74. The van der Waals surface area contributed by atoms with E-state index in [2.05, 4.69) is 11.1 Å². The zero-order valence-electron chi connectivity index (χ0n) is 8.80. The first kappa shape index (κ1) is 11.2. The van der Waals surface area contributed by atoms with Gasteiger partial charge in [-0.2, -0.15) is 5.26 Å². The smallest absolute Gasteiger partial charge is 0.262 e. The summed E-state index contributed by atoms with van der Waals surface area (Å²) < 4.78 is 1.49. The highest BCUT2D eigenvalue weighted by Crippen LogP contribution is 2.23. The summed E-state index contributed by atoms with van der Waals surface area (Å²) in [4.78, 5) is 17.0. The number of thiophene rings is 1. The normalized spacial score (nSPS) is 12.6. The van der Waals surface area contributed by atoms with Crippen LogP contribution in [0.4, 0.5) is 0 Å². The molecule has 16 heavy (non-hydrogen) atoms. The summed E-state index contributed by atoms with van der Waals surface area (Å²) in [5, 5.41) is 11.6. The standard InChI is InChI=1S/C10H9N3OS2/c1-6(5-11)16-10-12-8-7(3-4-15-8)9(14)13(10)2/h3-4,6H,1-2H3. The van der Waals surface area contributed by atoms with E-state index in [4.69, 9.17) is 5.26 Å². The van der Waals surface area contributed by atoms with Crippen molar-refractivity contribution in [2.75, 3.05) is 0 Å². The molecule has 1 atom stereocenters. The fraction of sp³-hybridized carbons (Fsp3) is 0.300. The van der Waals surface area contributed by atoms with Crippen molar-refractivity contribution in [3.63, 3.8) is 0 Å². The highest BCUT2D eigenvalue weighted by Gasteiger charge is 2.12. The van der Waals surface area contributed by atoms with Gasteiger partial charge in [0, 0.05) is 7.05 Å². The SMILES string of the molecule is CC(C#N)Sc1nc2sccc2c(=O)n1C. The van der Waals surface area contributed by atoms with E-state index < -0.39 is 0 Å². The Hall–Kier alpha value is -1.32. The van der Waals surface area contributed by atoms with Gasteiger partial charge >= 0.3 is 0 Å². The highest BCUT2D eigenvalue weighted by atomic mass is 32.2. The van der Waals surface area contributed by atoms with E-state index in [0.717, 1.165) is 4.83 Å². The van der Waals surface area contributed by atoms with Crippen molar-refractivity contribution in [1.82, 2.24) is 9.55 Å². The molecule has 2 aromatic rings. The molecule has 2 rings (SSSR count). The Morgan fingerprint density at radius 2 is 2.44 bits per heavy atom. The molecule has 4 nitrogen and oxygen atoms in total. The van der Waals surface area contributed by atoms with Crippen LogP contribution < -0.4 is 5.56 Å². The van der Waals surface area contributed by atoms with Crippen LogP contribution in [0, 0.1) is 11.3 Å². The van der Waals surface area contributed by atoms with E-state index >= 15 is 0 Å². The Bertz CT molecular complexity index is 623. The quantitative estimate of drug-likeness (QED) is 0.605. The van der Waals surface area contributed by atoms with Gasteiger partial charge in [-0.05, 0) is 18.4 Å². The molecule has 0 fully saturated rings. The van der Waals surface area contributed by atoms with Crippen LogP contribution in [0.5, 0.6) is 0 Å². The van der Waals surface area contributed by atoms with E-state index in [1.165, 1.54) is 27.7 Å². The number of nitrogens with zero attached hydrogens (tertiary/aromatic N) is 3. The van der Waals surface area contributed by atoms with Crippen LogP contribution in [-0.4, -0.2) is 14.8 Å². The largest absolute Gasteiger partial charge is 0.290 e. The van der Waals surface area contributed by atoms with Crippen molar-refractivity contribution < 1.29 is 0 Å². The van der Waals surface area contributed by atoms with Crippen LogP contribution in [0.3, 0.4) is 0 Å². The molecule has 0 saturated carbocycles. The van der Waals surface area contributed by atoms with E-state index in [9.17, 15) is 4.79 Å². The van der Waals surface area contributed by atoms with E-state index in [-0.39, 0.29) is 10.8 Å². The Balaban J connectivity index is 2.58. The van der Waals surface area contributed by atoms with Gasteiger partial charge in [-0.1, -0.05) is 11.8 Å². The van der Waals surface area contributed by atoms with Gasteiger partial charge in [0.15, 0.2) is 5.16 Å². The maximum absolute atomic E-state index is 11.9. The van der Waals surface area contributed by atoms with Crippen molar-refractivity contribution >= 4 is 33.3 Å². The Morgan fingerprint density at radius 3 is 3.12 bits per heavy atom. The van der Waals surface area contributed by atoms with Crippen molar-refractivity contribution in [2.45, 2.75) is 17.3 Å². The predicted molar refractivity (Wildman–Crippen MR) is 65.8 cm³/mol. The van der Waals surface area contributed by atoms with Gasteiger partial charge < -0.3 is 0 Å². The number of hydrogen-bond donors (Lipinski definition) is 0. The van der Waals surface area contributed by atoms with Gasteiger partial charge in [0.05, 0.1) is 16.7 Å². The topological polar surface area (TPSA) is 58.7 Å². The molecular weight excluding hydrogens is 242 g/mol. The first-order valence-electron chi connectivity index (χ1n) is 4.64. The zero-order chi connectivity index (χ0) is 11.7. The molecule has 0 radical (unpaired) electrons. The second-order valence-corrected chi connectivity index (χ2v) is 5.49. The van der Waals surface area contributed by atoms with Gasteiger partial charge in [-0.3, -0.25) is 9.36 Å². The summed E-state index contributed by atoms with van der Waals surface area (Å²) in [6.07, 6.45) is 0. The van der Waals surface area contributed by atoms with Crippen molar-refractivity contribution in [1.29, 1.82) is 5.26 Å². The minimum absolute atomic E-state index is 0.0566. The molecule has 0 aliphatic carbocycles. The van der Waals surface area contributed by atoms with Crippen LogP contribution in [-0.2, 0) is 7.05 Å². The zero-order valence-corrected chi connectivity index (χ0v) is 10.4. The van der Waals surface area contributed by atoms with Gasteiger partial charge in [0.1, 0.15) is 4.83 Å². The van der Waals surface area contributed by atoms with E-state index in [1.54, 1.807) is 20.0 Å². The molecule has 0 saturated heterocycles. The Labute approximate surface area is 101 Å². The molecule has 0 amide bonds. The molecule has 0 N–H and O–H groups in total. The lowest BCUT2D eigenvalue weighted by molar-refractivity contribution is 0.727. The molecule has 0 aliphatic rings. The maximum atomic E-state index is 11.9. The number of aromatic nitrogens is 2. The van der Waals surface area contributed by atoms with Gasteiger partial charge in [0.25, 0.3) is 5.56 Å². The fourth-order valence-corrected chi connectivity index (χ4v) is 2.84. The predicted octanol–water partition coefficient (Wildman–Crippen LogP) is 2.00. The summed E-state index contributed by atoms with van der Waals surface area (Å²) in [5.74, 6) is 0. The number of thioether (sulfide) groups is 1. The highest BCUT2D eigenvalue weighted by molar-refractivity contribution is 8.00. The molecule has 6 heteroatoms. The van der Waals surface area contributed by atoms with Gasteiger partial charge in [0.2, 0.25) is 0 Å². The Morgan fingerprint density at radius 1 is 1.69 bits per heavy atom. The van der Waals surface area contributed by atoms with Crippen LogP contribution >= 0.6 is 23.1 Å². The number of hydrogen-bond acceptors (Lipinski definition) is 5. The summed E-state index contributed by atoms with van der Waals surface area (Å²) in [5.41, 5.74) is -0.0566. The van der Waals surface area contributed by atoms with Crippen LogP contribution in [0.1, 0.15) is 6.92 Å². The minimum atomic E-state index is -0.212. The molecule has 0 bridgehead atoms. The average molecular weight is 251 g/mol. The lowest BCUT2D eigenvalue weighted by Gasteiger charge is -2.07. The van der Waals surface area contributed by atoms with Gasteiger partial charge in [-0.15, -0.1) is 11.3 Å². The lowest BCUT2D eigenvalue weighted by Crippen LogP contribution is -2.19. The molecule has 0 aromatic carbocycles. The maximum Gasteiger partial charge on any atom is 0.262 e. The second-order valence-electron chi connectivity index (χ2n) is 3.29.